The molecule has 0 spiro atoms. The van der Waals surface area contributed by atoms with E-state index in [1.165, 1.54) is 11.8 Å². The standard InChI is InChI=1S/C20H34N4O2S/c1-6-21-19(22-15-20(3,4)27(5,25)26)23-18-12-16(2)24(14-18)13-17-10-8-7-9-11-17/h7-11,16,18H,6,12-15H2,1-5H3,(H2,21,22,23). The van der Waals surface area contributed by atoms with Crippen LogP contribution in [0.3, 0.4) is 0 Å². The van der Waals surface area contributed by atoms with Crippen LogP contribution in [-0.2, 0) is 16.4 Å². The number of sulfone groups is 1. The van der Waals surface area contributed by atoms with E-state index in [-0.39, 0.29) is 6.54 Å². The maximum atomic E-state index is 11.9. The second-order valence-electron chi connectivity index (χ2n) is 8.07. The van der Waals surface area contributed by atoms with Crippen LogP contribution in [0.15, 0.2) is 35.3 Å². The van der Waals surface area contributed by atoms with Crippen LogP contribution in [0.4, 0.5) is 0 Å². The molecule has 1 aliphatic rings. The third-order valence-electron chi connectivity index (χ3n) is 5.24. The predicted molar refractivity (Wildman–Crippen MR) is 113 cm³/mol. The smallest absolute Gasteiger partial charge is 0.191 e. The van der Waals surface area contributed by atoms with E-state index >= 15 is 0 Å². The van der Waals surface area contributed by atoms with Crippen molar-refractivity contribution in [3.63, 3.8) is 0 Å². The van der Waals surface area contributed by atoms with Crippen LogP contribution in [0.2, 0.25) is 0 Å². The number of likely N-dealkylation sites (tertiary alicyclic amines) is 1. The highest BCUT2D eigenvalue weighted by molar-refractivity contribution is 7.92. The van der Waals surface area contributed by atoms with Gasteiger partial charge in [-0.3, -0.25) is 9.89 Å². The van der Waals surface area contributed by atoms with Crippen LogP contribution in [0.5, 0.6) is 0 Å². The number of guanidine groups is 1. The molecule has 152 valence electrons. The molecule has 1 heterocycles. The lowest BCUT2D eigenvalue weighted by molar-refractivity contribution is 0.258. The van der Waals surface area contributed by atoms with Gasteiger partial charge in [-0.2, -0.15) is 0 Å². The summed E-state index contributed by atoms with van der Waals surface area (Å²) in [6, 6.07) is 11.3. The quantitative estimate of drug-likeness (QED) is 0.547. The van der Waals surface area contributed by atoms with Gasteiger partial charge in [0.25, 0.3) is 0 Å². The Morgan fingerprint density at radius 1 is 1.30 bits per heavy atom. The number of hydrogen-bond donors (Lipinski definition) is 2. The van der Waals surface area contributed by atoms with E-state index in [1.807, 2.05) is 13.0 Å². The van der Waals surface area contributed by atoms with Crippen LogP contribution < -0.4 is 10.6 Å². The van der Waals surface area contributed by atoms with E-state index in [2.05, 4.69) is 51.7 Å². The average molecular weight is 395 g/mol. The Morgan fingerprint density at radius 3 is 2.56 bits per heavy atom. The van der Waals surface area contributed by atoms with E-state index in [0.717, 1.165) is 26.1 Å². The minimum Gasteiger partial charge on any atom is -0.357 e. The molecule has 0 bridgehead atoms. The summed E-state index contributed by atoms with van der Waals surface area (Å²) >= 11 is 0. The molecule has 0 saturated carbocycles. The van der Waals surface area contributed by atoms with Gasteiger partial charge in [0.05, 0.1) is 11.3 Å². The van der Waals surface area contributed by atoms with Crippen molar-refractivity contribution >= 4 is 15.8 Å². The Labute approximate surface area is 164 Å². The summed E-state index contributed by atoms with van der Waals surface area (Å²) in [6.45, 7) is 10.5. The molecule has 2 rings (SSSR count). The summed E-state index contributed by atoms with van der Waals surface area (Å²) in [4.78, 5) is 7.02. The van der Waals surface area contributed by atoms with Crippen molar-refractivity contribution in [1.29, 1.82) is 0 Å². The second-order valence-corrected chi connectivity index (χ2v) is 10.7. The lowest BCUT2D eigenvalue weighted by atomic mass is 10.2. The molecular weight excluding hydrogens is 360 g/mol. The first kappa shape index (κ1) is 21.7. The molecular formula is C20H34N4O2S. The molecule has 1 saturated heterocycles. The molecule has 1 aliphatic heterocycles. The fourth-order valence-electron chi connectivity index (χ4n) is 3.14. The van der Waals surface area contributed by atoms with Gasteiger partial charge in [0, 0.05) is 38.0 Å². The second kappa shape index (κ2) is 9.06. The predicted octanol–water partition coefficient (Wildman–Crippen LogP) is 2.03. The number of hydrogen-bond acceptors (Lipinski definition) is 4. The first-order valence-electron chi connectivity index (χ1n) is 9.65. The Kier molecular flexibility index (Phi) is 7.28. The third kappa shape index (κ3) is 6.21. The highest BCUT2D eigenvalue weighted by Crippen LogP contribution is 2.20. The lowest BCUT2D eigenvalue weighted by Gasteiger charge is -2.23. The Bertz CT molecular complexity index is 732. The molecule has 2 atom stereocenters. The van der Waals surface area contributed by atoms with Crippen molar-refractivity contribution in [2.24, 2.45) is 4.99 Å². The van der Waals surface area contributed by atoms with E-state index < -0.39 is 14.6 Å². The van der Waals surface area contributed by atoms with E-state index in [4.69, 9.17) is 0 Å². The van der Waals surface area contributed by atoms with E-state index in [1.54, 1.807) is 13.8 Å². The minimum absolute atomic E-state index is 0.233. The summed E-state index contributed by atoms with van der Waals surface area (Å²) in [5.41, 5.74) is 1.32. The lowest BCUT2D eigenvalue weighted by Crippen LogP contribution is -2.45. The molecule has 6 nitrogen and oxygen atoms in total. The first-order chi connectivity index (χ1) is 12.6. The van der Waals surface area contributed by atoms with Gasteiger partial charge in [-0.25, -0.2) is 8.42 Å². The van der Waals surface area contributed by atoms with Crippen LogP contribution in [0, 0.1) is 0 Å². The maximum absolute atomic E-state index is 11.9. The Balaban J connectivity index is 1.99. The first-order valence-corrected chi connectivity index (χ1v) is 11.5. The molecule has 0 radical (unpaired) electrons. The van der Waals surface area contributed by atoms with Crippen molar-refractivity contribution < 1.29 is 8.42 Å². The molecule has 7 heteroatoms. The molecule has 2 N–H and O–H groups in total. The summed E-state index contributed by atoms with van der Waals surface area (Å²) in [5.74, 6) is 0.688. The molecule has 0 amide bonds. The highest BCUT2D eigenvalue weighted by Gasteiger charge is 2.31. The van der Waals surface area contributed by atoms with Gasteiger partial charge in [0.2, 0.25) is 0 Å². The highest BCUT2D eigenvalue weighted by atomic mass is 32.2. The molecule has 1 fully saturated rings. The SMILES string of the molecule is CCNC(=NCC(C)(C)S(C)(=O)=O)NC1CC(C)N(Cc2ccccc2)C1. The topological polar surface area (TPSA) is 73.8 Å². The molecule has 1 aromatic rings. The summed E-state index contributed by atoms with van der Waals surface area (Å²) < 4.78 is 22.9. The third-order valence-corrected chi connectivity index (χ3v) is 7.38. The zero-order valence-electron chi connectivity index (χ0n) is 17.2. The summed E-state index contributed by atoms with van der Waals surface area (Å²) in [7, 11) is -3.16. The molecule has 0 aromatic heterocycles. The molecule has 0 aliphatic carbocycles. The van der Waals surface area contributed by atoms with Crippen LogP contribution in [0.1, 0.15) is 39.7 Å². The average Bonchev–Trinajstić information content (AvgIpc) is 2.92. The van der Waals surface area contributed by atoms with Gasteiger partial charge in [-0.05, 0) is 39.7 Å². The van der Waals surface area contributed by atoms with E-state index in [9.17, 15) is 8.42 Å². The zero-order valence-corrected chi connectivity index (χ0v) is 18.0. The van der Waals surface area contributed by atoms with Crippen molar-refractivity contribution in [3.8, 4) is 0 Å². The number of rotatable bonds is 7. The monoisotopic (exact) mass is 394 g/mol. The van der Waals surface area contributed by atoms with Gasteiger partial charge in [-0.15, -0.1) is 0 Å². The zero-order chi connectivity index (χ0) is 20.1. The van der Waals surface area contributed by atoms with Gasteiger partial charge < -0.3 is 10.6 Å². The Morgan fingerprint density at radius 2 is 1.96 bits per heavy atom. The van der Waals surface area contributed by atoms with Gasteiger partial charge in [-0.1, -0.05) is 30.3 Å². The number of nitrogens with one attached hydrogen (secondary N) is 2. The minimum atomic E-state index is -3.16. The molecule has 27 heavy (non-hydrogen) atoms. The number of aliphatic imine (C=N–C) groups is 1. The summed E-state index contributed by atoms with van der Waals surface area (Å²) in [5, 5.41) is 6.73. The molecule has 2 unspecified atom stereocenters. The van der Waals surface area contributed by atoms with Crippen LogP contribution >= 0.6 is 0 Å². The van der Waals surface area contributed by atoms with Crippen molar-refractivity contribution in [2.75, 3.05) is 25.9 Å². The van der Waals surface area contributed by atoms with Gasteiger partial charge >= 0.3 is 0 Å². The van der Waals surface area contributed by atoms with Gasteiger partial charge in [0.15, 0.2) is 15.8 Å². The van der Waals surface area contributed by atoms with Gasteiger partial charge in [0.1, 0.15) is 0 Å². The van der Waals surface area contributed by atoms with Crippen molar-refractivity contribution in [3.05, 3.63) is 35.9 Å². The van der Waals surface area contributed by atoms with E-state index in [0.29, 0.717) is 18.0 Å². The molecule has 1 aromatic carbocycles. The maximum Gasteiger partial charge on any atom is 0.191 e. The van der Waals surface area contributed by atoms with Crippen molar-refractivity contribution in [1.82, 2.24) is 15.5 Å². The number of benzene rings is 1. The Hall–Kier alpha value is -1.60. The summed E-state index contributed by atoms with van der Waals surface area (Å²) in [6.07, 6.45) is 2.30. The fourth-order valence-corrected chi connectivity index (χ4v) is 3.44. The largest absolute Gasteiger partial charge is 0.357 e. The normalized spacial score (nSPS) is 22.0. The van der Waals surface area contributed by atoms with Crippen molar-refractivity contribution in [2.45, 2.75) is 57.5 Å². The van der Waals surface area contributed by atoms with Crippen LogP contribution in [-0.4, -0.2) is 62.0 Å². The van der Waals surface area contributed by atoms with Crippen LogP contribution in [0.25, 0.3) is 0 Å². The fraction of sp³-hybridized carbons (Fsp3) is 0.650. The number of nitrogens with zero attached hydrogens (tertiary/aromatic N) is 2.